The monoisotopic (exact) mass is 577 g/mol. The maximum atomic E-state index is 14.7. The molecule has 0 bridgehead atoms. The van der Waals surface area contributed by atoms with E-state index in [2.05, 4.69) is 49.2 Å². The van der Waals surface area contributed by atoms with E-state index in [1.807, 2.05) is 24.3 Å². The van der Waals surface area contributed by atoms with Crippen LogP contribution < -0.4 is 10.1 Å². The highest BCUT2D eigenvalue weighted by molar-refractivity contribution is 5.96. The number of nitrogens with zero attached hydrogens (tertiary/aromatic N) is 6. The number of hydrogen-bond donors (Lipinski definition) is 3. The van der Waals surface area contributed by atoms with Gasteiger partial charge in [-0.3, -0.25) is 20.0 Å². The number of H-pyrrole nitrogens is 2. The van der Waals surface area contributed by atoms with Gasteiger partial charge in [-0.05, 0) is 75.7 Å². The number of ether oxygens (including phenoxy) is 1. The zero-order valence-electron chi connectivity index (χ0n) is 24.1. The van der Waals surface area contributed by atoms with Crippen molar-refractivity contribution in [2.24, 2.45) is 0 Å². The number of benzene rings is 1. The molecule has 1 aromatic carbocycles. The minimum Gasteiger partial charge on any atom is -0.492 e. The number of aromatic nitrogens is 7. The average molecular weight is 578 g/mol. The molecule has 43 heavy (non-hydrogen) atoms. The first-order valence-corrected chi connectivity index (χ1v) is 14.6. The standard InChI is InChI=1S/C32H32FN9O/c1-19(2)36-23-12-21(15-34-16-23)26-5-6-27-30(37-26)31(41-40-27)32-38-28-18-35-17-25(29(28)39-32)20-11-22(33)14-24(13-20)43-10-9-42-7-3-4-8-42/h5-6,11-19,36H,3-4,7-10H2,1-2H3,(H,38,39)(H,40,41). The number of anilines is 1. The second kappa shape index (κ2) is 11.4. The Hall–Kier alpha value is -4.90. The average Bonchev–Trinajstić information content (AvgIpc) is 3.76. The van der Waals surface area contributed by atoms with Crippen LogP contribution in [0.4, 0.5) is 10.1 Å². The molecule has 6 aromatic rings. The molecule has 6 heterocycles. The minimum absolute atomic E-state index is 0.284. The highest BCUT2D eigenvalue weighted by Gasteiger charge is 2.18. The van der Waals surface area contributed by atoms with Crippen LogP contribution >= 0.6 is 0 Å². The molecule has 0 unspecified atom stereocenters. The molecule has 7 rings (SSSR count). The maximum absolute atomic E-state index is 14.7. The summed E-state index contributed by atoms with van der Waals surface area (Å²) in [6, 6.07) is 10.9. The van der Waals surface area contributed by atoms with E-state index >= 15 is 0 Å². The Kier molecular flexibility index (Phi) is 7.15. The second-order valence-electron chi connectivity index (χ2n) is 11.2. The fourth-order valence-electron chi connectivity index (χ4n) is 5.57. The van der Waals surface area contributed by atoms with Crippen molar-refractivity contribution in [1.82, 2.24) is 40.0 Å². The van der Waals surface area contributed by atoms with Crippen molar-refractivity contribution in [1.29, 1.82) is 0 Å². The quantitative estimate of drug-likeness (QED) is 0.190. The summed E-state index contributed by atoms with van der Waals surface area (Å²) >= 11 is 0. The van der Waals surface area contributed by atoms with Gasteiger partial charge < -0.3 is 15.0 Å². The van der Waals surface area contributed by atoms with Gasteiger partial charge in [0.2, 0.25) is 0 Å². The smallest absolute Gasteiger partial charge is 0.161 e. The molecule has 0 radical (unpaired) electrons. The molecule has 3 N–H and O–H groups in total. The molecule has 1 saturated heterocycles. The van der Waals surface area contributed by atoms with Crippen molar-refractivity contribution in [3.8, 4) is 39.7 Å². The molecule has 0 atom stereocenters. The van der Waals surface area contributed by atoms with Gasteiger partial charge in [0.1, 0.15) is 23.7 Å². The summed E-state index contributed by atoms with van der Waals surface area (Å²) in [6.07, 6.45) is 9.43. The molecule has 10 nitrogen and oxygen atoms in total. The van der Waals surface area contributed by atoms with Gasteiger partial charge in [-0.25, -0.2) is 14.4 Å². The lowest BCUT2D eigenvalue weighted by Crippen LogP contribution is -2.25. The molecular weight excluding hydrogens is 545 g/mol. The first-order chi connectivity index (χ1) is 21.0. The fraction of sp³-hybridized carbons (Fsp3) is 0.281. The lowest BCUT2D eigenvalue weighted by Gasteiger charge is -2.15. The molecule has 1 aliphatic heterocycles. The lowest BCUT2D eigenvalue weighted by molar-refractivity contribution is 0.237. The highest BCUT2D eigenvalue weighted by atomic mass is 19.1. The summed E-state index contributed by atoms with van der Waals surface area (Å²) in [5.41, 5.74) is 7.31. The van der Waals surface area contributed by atoms with Crippen LogP contribution in [0.25, 0.3) is 56.0 Å². The lowest BCUT2D eigenvalue weighted by atomic mass is 10.1. The molecule has 1 aliphatic rings. The van der Waals surface area contributed by atoms with Gasteiger partial charge in [0.05, 0.1) is 34.1 Å². The number of imidazole rings is 1. The number of hydrogen-bond acceptors (Lipinski definition) is 8. The Morgan fingerprint density at radius 3 is 2.65 bits per heavy atom. The van der Waals surface area contributed by atoms with Crippen LogP contribution in [0.5, 0.6) is 5.75 Å². The van der Waals surface area contributed by atoms with Crippen LogP contribution in [0.2, 0.25) is 0 Å². The van der Waals surface area contributed by atoms with E-state index in [-0.39, 0.29) is 11.9 Å². The molecule has 0 amide bonds. The van der Waals surface area contributed by atoms with Gasteiger partial charge >= 0.3 is 0 Å². The topological polar surface area (TPSA) is 121 Å². The number of halogens is 1. The third kappa shape index (κ3) is 5.63. The van der Waals surface area contributed by atoms with Crippen molar-refractivity contribution in [3.63, 3.8) is 0 Å². The third-order valence-electron chi connectivity index (χ3n) is 7.57. The summed E-state index contributed by atoms with van der Waals surface area (Å²) in [7, 11) is 0. The molecule has 218 valence electrons. The van der Waals surface area contributed by atoms with E-state index in [0.29, 0.717) is 51.6 Å². The number of fused-ring (bicyclic) bond motifs is 2. The van der Waals surface area contributed by atoms with Gasteiger partial charge in [0.15, 0.2) is 11.5 Å². The zero-order valence-corrected chi connectivity index (χ0v) is 24.1. The minimum atomic E-state index is -0.376. The van der Waals surface area contributed by atoms with Crippen molar-refractivity contribution < 1.29 is 9.13 Å². The van der Waals surface area contributed by atoms with Crippen LogP contribution in [0.15, 0.2) is 61.2 Å². The van der Waals surface area contributed by atoms with E-state index in [0.717, 1.165) is 42.1 Å². The summed E-state index contributed by atoms with van der Waals surface area (Å²) in [6.45, 7) is 7.69. The number of nitrogens with one attached hydrogen (secondary N) is 3. The number of likely N-dealkylation sites (tertiary alicyclic amines) is 1. The number of rotatable bonds is 9. The molecule has 5 aromatic heterocycles. The molecule has 0 spiro atoms. The summed E-state index contributed by atoms with van der Waals surface area (Å²) in [5.74, 6) is 0.643. The largest absolute Gasteiger partial charge is 0.492 e. The van der Waals surface area contributed by atoms with E-state index < -0.39 is 0 Å². The Labute approximate surface area is 247 Å². The SMILES string of the molecule is CC(C)Nc1cncc(-c2ccc3[nH]nc(-c4nc5c(-c6cc(F)cc(OCCN7CCCC7)c6)cncc5[nH]4)c3n2)c1. The van der Waals surface area contributed by atoms with Gasteiger partial charge in [0.25, 0.3) is 0 Å². The Bertz CT molecular complexity index is 1910. The van der Waals surface area contributed by atoms with E-state index in [9.17, 15) is 4.39 Å². The molecule has 1 fully saturated rings. The summed E-state index contributed by atoms with van der Waals surface area (Å²) in [5, 5.41) is 11.0. The van der Waals surface area contributed by atoms with Crippen LogP contribution in [0.3, 0.4) is 0 Å². The zero-order chi connectivity index (χ0) is 29.3. The third-order valence-corrected chi connectivity index (χ3v) is 7.57. The van der Waals surface area contributed by atoms with Gasteiger partial charge in [0, 0.05) is 48.4 Å². The van der Waals surface area contributed by atoms with Crippen LogP contribution in [-0.2, 0) is 0 Å². The normalized spacial score (nSPS) is 13.9. The van der Waals surface area contributed by atoms with Gasteiger partial charge in [-0.15, -0.1) is 0 Å². The van der Waals surface area contributed by atoms with Gasteiger partial charge in [-0.1, -0.05) is 0 Å². The fourth-order valence-corrected chi connectivity index (χ4v) is 5.57. The summed E-state index contributed by atoms with van der Waals surface area (Å²) < 4.78 is 20.7. The van der Waals surface area contributed by atoms with Gasteiger partial charge in [-0.2, -0.15) is 5.10 Å². The Morgan fingerprint density at radius 2 is 1.79 bits per heavy atom. The van der Waals surface area contributed by atoms with Crippen molar-refractivity contribution in [3.05, 3.63) is 67.0 Å². The van der Waals surface area contributed by atoms with Crippen molar-refractivity contribution >= 4 is 27.8 Å². The van der Waals surface area contributed by atoms with Crippen LogP contribution in [0.1, 0.15) is 26.7 Å². The molecular formula is C32H32FN9O. The predicted molar refractivity (Wildman–Crippen MR) is 165 cm³/mol. The van der Waals surface area contributed by atoms with E-state index in [1.54, 1.807) is 24.8 Å². The Balaban J connectivity index is 1.21. The van der Waals surface area contributed by atoms with Crippen LogP contribution in [-0.4, -0.2) is 72.3 Å². The first kappa shape index (κ1) is 27.0. The molecule has 11 heteroatoms. The predicted octanol–water partition coefficient (Wildman–Crippen LogP) is 6.06. The Morgan fingerprint density at radius 1 is 0.930 bits per heavy atom. The first-order valence-electron chi connectivity index (χ1n) is 14.6. The van der Waals surface area contributed by atoms with Crippen LogP contribution in [0, 0.1) is 5.82 Å². The van der Waals surface area contributed by atoms with E-state index in [4.69, 9.17) is 14.7 Å². The molecule has 0 aliphatic carbocycles. The number of pyridine rings is 3. The molecule has 0 saturated carbocycles. The second-order valence-corrected chi connectivity index (χ2v) is 11.2. The number of aromatic amines is 2. The van der Waals surface area contributed by atoms with Crippen molar-refractivity contribution in [2.45, 2.75) is 32.7 Å². The maximum Gasteiger partial charge on any atom is 0.161 e. The highest BCUT2D eigenvalue weighted by Crippen LogP contribution is 2.33. The van der Waals surface area contributed by atoms with Crippen molar-refractivity contribution in [2.75, 3.05) is 31.6 Å². The van der Waals surface area contributed by atoms with E-state index in [1.165, 1.54) is 25.0 Å². The summed E-state index contributed by atoms with van der Waals surface area (Å²) in [4.78, 5) is 24.3.